The zero-order chi connectivity index (χ0) is 17.4. The highest BCUT2D eigenvalue weighted by Crippen LogP contribution is 2.25. The highest BCUT2D eigenvalue weighted by molar-refractivity contribution is 7.15. The second-order valence-electron chi connectivity index (χ2n) is 5.30. The lowest BCUT2D eigenvalue weighted by molar-refractivity contribution is 0.415. The molecule has 7 heteroatoms. The van der Waals surface area contributed by atoms with Crippen LogP contribution in [-0.4, -0.2) is 21.7 Å². The summed E-state index contributed by atoms with van der Waals surface area (Å²) < 4.78 is 7.03. The Balaban J connectivity index is 1.79. The number of benzene rings is 2. The van der Waals surface area contributed by atoms with Crippen LogP contribution in [0.15, 0.2) is 53.3 Å². The first-order valence-electron chi connectivity index (χ1n) is 7.46. The van der Waals surface area contributed by atoms with Crippen molar-refractivity contribution in [1.82, 2.24) is 14.6 Å². The molecule has 0 atom stereocenters. The number of ether oxygens (including phenoxy) is 1. The van der Waals surface area contributed by atoms with Gasteiger partial charge in [0.15, 0.2) is 5.82 Å². The summed E-state index contributed by atoms with van der Waals surface area (Å²) in [6.07, 6.45) is 1.82. The van der Waals surface area contributed by atoms with E-state index in [0.29, 0.717) is 25.9 Å². The third-order valence-electron chi connectivity index (χ3n) is 3.71. The third-order valence-corrected chi connectivity index (χ3v) is 5.00. The molecule has 0 unspecified atom stereocenters. The average molecular weight is 370 g/mol. The van der Waals surface area contributed by atoms with Crippen molar-refractivity contribution in [2.45, 2.75) is 0 Å². The summed E-state index contributed by atoms with van der Waals surface area (Å²) in [5.74, 6) is 1.22. The van der Waals surface area contributed by atoms with Gasteiger partial charge in [-0.2, -0.15) is 9.50 Å². The Morgan fingerprint density at radius 2 is 1.92 bits per heavy atom. The zero-order valence-corrected chi connectivity index (χ0v) is 14.7. The number of hydrogen-bond donors (Lipinski definition) is 0. The molecule has 0 bridgehead atoms. The van der Waals surface area contributed by atoms with E-state index in [4.69, 9.17) is 16.3 Å². The molecule has 5 nitrogen and oxygen atoms in total. The number of nitrogens with zero attached hydrogens (tertiary/aromatic N) is 3. The largest absolute Gasteiger partial charge is 0.497 e. The summed E-state index contributed by atoms with van der Waals surface area (Å²) in [5, 5.41) is 4.87. The summed E-state index contributed by atoms with van der Waals surface area (Å²) in [5.41, 5.74) is 1.43. The molecular weight excluding hydrogens is 358 g/mol. The van der Waals surface area contributed by atoms with Crippen molar-refractivity contribution in [3.05, 3.63) is 74.0 Å². The monoisotopic (exact) mass is 369 g/mol. The topological polar surface area (TPSA) is 56.5 Å². The Morgan fingerprint density at radius 1 is 1.16 bits per heavy atom. The highest BCUT2D eigenvalue weighted by Gasteiger charge is 2.13. The summed E-state index contributed by atoms with van der Waals surface area (Å²) in [6.45, 7) is 0. The first-order valence-corrected chi connectivity index (χ1v) is 8.65. The predicted octanol–water partition coefficient (Wildman–Crippen LogP) is 3.03. The fraction of sp³-hybridized carbons (Fsp3) is 0.0556. The normalized spacial score (nSPS) is 12.0. The molecule has 4 aromatic rings. The second kappa shape index (κ2) is 6.31. The van der Waals surface area contributed by atoms with E-state index < -0.39 is 0 Å². The van der Waals surface area contributed by atoms with Crippen LogP contribution in [0.1, 0.15) is 5.56 Å². The maximum absolute atomic E-state index is 12.6. The molecule has 0 saturated carbocycles. The third kappa shape index (κ3) is 2.90. The fourth-order valence-electron chi connectivity index (χ4n) is 2.44. The number of halogens is 1. The Bertz CT molecular complexity index is 1170. The SMILES string of the molecule is COc1ccc(/C=c2/sc3nc(-c4ccccc4Cl)nn3c2=O)cc1. The van der Waals surface area contributed by atoms with Crippen LogP contribution in [-0.2, 0) is 0 Å². The highest BCUT2D eigenvalue weighted by atomic mass is 35.5. The molecule has 0 aliphatic carbocycles. The first kappa shape index (κ1) is 15.8. The lowest BCUT2D eigenvalue weighted by Gasteiger charge is -1.98. The van der Waals surface area contributed by atoms with Gasteiger partial charge in [0, 0.05) is 5.56 Å². The molecule has 0 aliphatic rings. The maximum atomic E-state index is 12.6. The standard InChI is InChI=1S/C18H12ClN3O2S/c1-24-12-8-6-11(7-9-12)10-15-17(23)22-18(25-15)20-16(21-22)13-4-2-3-5-14(13)19/h2-10H,1H3/b15-10+. The summed E-state index contributed by atoms with van der Waals surface area (Å²) in [7, 11) is 1.62. The van der Waals surface area contributed by atoms with Gasteiger partial charge in [-0.25, -0.2) is 0 Å². The van der Waals surface area contributed by atoms with E-state index in [9.17, 15) is 4.79 Å². The predicted molar refractivity (Wildman–Crippen MR) is 99.4 cm³/mol. The van der Waals surface area contributed by atoms with Crippen molar-refractivity contribution in [3.63, 3.8) is 0 Å². The van der Waals surface area contributed by atoms with Gasteiger partial charge in [0.1, 0.15) is 5.75 Å². The van der Waals surface area contributed by atoms with Gasteiger partial charge in [-0.1, -0.05) is 47.2 Å². The minimum absolute atomic E-state index is 0.193. The summed E-state index contributed by atoms with van der Waals surface area (Å²) in [6, 6.07) is 14.8. The molecule has 2 aromatic heterocycles. The van der Waals surface area contributed by atoms with E-state index in [2.05, 4.69) is 10.1 Å². The molecule has 25 heavy (non-hydrogen) atoms. The number of thiazole rings is 1. The van der Waals surface area contributed by atoms with Crippen molar-refractivity contribution in [2.24, 2.45) is 0 Å². The minimum atomic E-state index is -0.193. The van der Waals surface area contributed by atoms with Gasteiger partial charge in [0.25, 0.3) is 5.56 Å². The Kier molecular flexibility index (Phi) is 3.99. The number of rotatable bonds is 3. The number of methoxy groups -OCH3 is 1. The molecule has 124 valence electrons. The number of hydrogen-bond acceptors (Lipinski definition) is 5. The van der Waals surface area contributed by atoms with E-state index in [1.807, 2.05) is 48.5 Å². The Labute approximate surface area is 151 Å². The summed E-state index contributed by atoms with van der Waals surface area (Å²) >= 11 is 7.47. The van der Waals surface area contributed by atoms with Crippen LogP contribution in [0.4, 0.5) is 0 Å². The lowest BCUT2D eigenvalue weighted by Crippen LogP contribution is -2.23. The minimum Gasteiger partial charge on any atom is -0.497 e. The van der Waals surface area contributed by atoms with Gasteiger partial charge in [0.05, 0.1) is 16.7 Å². The molecule has 0 fully saturated rings. The van der Waals surface area contributed by atoms with Crippen molar-refractivity contribution in [1.29, 1.82) is 0 Å². The number of fused-ring (bicyclic) bond motifs is 1. The quantitative estimate of drug-likeness (QED) is 0.557. The van der Waals surface area contributed by atoms with Crippen molar-refractivity contribution < 1.29 is 4.74 Å². The molecule has 0 N–H and O–H groups in total. The van der Waals surface area contributed by atoms with Crippen molar-refractivity contribution >= 4 is 34.0 Å². The maximum Gasteiger partial charge on any atom is 0.291 e. The van der Waals surface area contributed by atoms with Gasteiger partial charge >= 0.3 is 0 Å². The molecule has 2 aromatic carbocycles. The first-order chi connectivity index (χ1) is 12.2. The molecule has 0 amide bonds. The van der Waals surface area contributed by atoms with Crippen molar-refractivity contribution in [2.75, 3.05) is 7.11 Å². The number of aromatic nitrogens is 3. The molecular formula is C18H12ClN3O2S. The molecule has 2 heterocycles. The van der Waals surface area contributed by atoms with E-state index in [1.54, 1.807) is 13.2 Å². The van der Waals surface area contributed by atoms with Crippen LogP contribution in [0.2, 0.25) is 5.02 Å². The van der Waals surface area contributed by atoms with Crippen LogP contribution < -0.4 is 14.8 Å². The van der Waals surface area contributed by atoms with Crippen molar-refractivity contribution in [3.8, 4) is 17.1 Å². The second-order valence-corrected chi connectivity index (χ2v) is 6.71. The molecule has 0 saturated heterocycles. The van der Waals surface area contributed by atoms with Gasteiger partial charge in [0.2, 0.25) is 4.96 Å². The Hall–Kier alpha value is -2.70. The van der Waals surface area contributed by atoms with E-state index >= 15 is 0 Å². The van der Waals surface area contributed by atoms with Crippen LogP contribution in [0.5, 0.6) is 5.75 Å². The Morgan fingerprint density at radius 3 is 2.60 bits per heavy atom. The molecule has 0 radical (unpaired) electrons. The van der Waals surface area contributed by atoms with E-state index in [0.717, 1.165) is 11.3 Å². The molecule has 4 rings (SSSR count). The van der Waals surface area contributed by atoms with Crippen LogP contribution in [0.3, 0.4) is 0 Å². The molecule has 0 spiro atoms. The smallest absolute Gasteiger partial charge is 0.291 e. The molecule has 0 aliphatic heterocycles. The van der Waals surface area contributed by atoms with E-state index in [1.165, 1.54) is 15.9 Å². The zero-order valence-electron chi connectivity index (χ0n) is 13.1. The fourth-order valence-corrected chi connectivity index (χ4v) is 3.57. The van der Waals surface area contributed by atoms with Gasteiger partial charge in [-0.3, -0.25) is 4.79 Å². The van der Waals surface area contributed by atoms with Gasteiger partial charge < -0.3 is 4.74 Å². The average Bonchev–Trinajstić information content (AvgIpc) is 3.16. The lowest BCUT2D eigenvalue weighted by atomic mass is 10.2. The van der Waals surface area contributed by atoms with Crippen LogP contribution in [0, 0.1) is 0 Å². The van der Waals surface area contributed by atoms with Crippen LogP contribution >= 0.6 is 22.9 Å². The van der Waals surface area contributed by atoms with Gasteiger partial charge in [-0.05, 0) is 35.9 Å². The summed E-state index contributed by atoms with van der Waals surface area (Å²) in [4.78, 5) is 17.5. The van der Waals surface area contributed by atoms with E-state index in [-0.39, 0.29) is 5.56 Å². The van der Waals surface area contributed by atoms with Crippen LogP contribution in [0.25, 0.3) is 22.4 Å². The van der Waals surface area contributed by atoms with Gasteiger partial charge in [-0.15, -0.1) is 5.10 Å².